The van der Waals surface area contributed by atoms with Crippen molar-refractivity contribution in [3.63, 3.8) is 0 Å². The zero-order chi connectivity index (χ0) is 17.0. The number of alkyl halides is 3. The number of hydrogen-bond donors (Lipinski definition) is 1. The van der Waals surface area contributed by atoms with Crippen molar-refractivity contribution in [2.45, 2.75) is 6.36 Å². The maximum atomic E-state index is 12.2. The Hall–Kier alpha value is -2.55. The van der Waals surface area contributed by atoms with Crippen LogP contribution in [0.1, 0.15) is 19.3 Å². The molecule has 2 aromatic rings. The molecular weight excluding hydrogens is 335 g/mol. The Bertz CT molecular complexity index is 727. The van der Waals surface area contributed by atoms with Crippen LogP contribution in [0.4, 0.5) is 18.9 Å². The first-order chi connectivity index (χ1) is 10.8. The van der Waals surface area contributed by atoms with Crippen molar-refractivity contribution in [3.05, 3.63) is 46.2 Å². The van der Waals surface area contributed by atoms with Crippen LogP contribution in [-0.2, 0) is 4.74 Å². The normalized spacial score (nSPS) is 11.0. The minimum absolute atomic E-state index is 0.129. The SMILES string of the molecule is COC(=O)c1ccc(C(=O)Nc2cccc(OC(F)(F)F)c2)s1. The summed E-state index contributed by atoms with van der Waals surface area (Å²) < 4.78 is 44.8. The predicted octanol–water partition coefficient (Wildman–Crippen LogP) is 3.69. The molecular formula is C14H10F3NO4S. The Kier molecular flexibility index (Phi) is 4.89. The topological polar surface area (TPSA) is 64.6 Å². The van der Waals surface area contributed by atoms with Crippen LogP contribution in [0.25, 0.3) is 0 Å². The third kappa shape index (κ3) is 4.71. The van der Waals surface area contributed by atoms with Crippen molar-refractivity contribution >= 4 is 28.9 Å². The van der Waals surface area contributed by atoms with Crippen molar-refractivity contribution in [1.29, 1.82) is 0 Å². The van der Waals surface area contributed by atoms with Gasteiger partial charge in [0.15, 0.2) is 0 Å². The number of ether oxygens (including phenoxy) is 2. The molecule has 5 nitrogen and oxygen atoms in total. The van der Waals surface area contributed by atoms with Gasteiger partial charge in [-0.05, 0) is 24.3 Å². The van der Waals surface area contributed by atoms with Crippen molar-refractivity contribution < 1.29 is 32.2 Å². The molecule has 0 bridgehead atoms. The summed E-state index contributed by atoms with van der Waals surface area (Å²) in [4.78, 5) is 23.8. The summed E-state index contributed by atoms with van der Waals surface area (Å²) in [7, 11) is 1.22. The maximum absolute atomic E-state index is 12.2. The molecule has 23 heavy (non-hydrogen) atoms. The van der Waals surface area contributed by atoms with E-state index in [2.05, 4.69) is 14.8 Å². The Morgan fingerprint density at radius 3 is 2.48 bits per heavy atom. The van der Waals surface area contributed by atoms with Gasteiger partial charge in [-0.15, -0.1) is 24.5 Å². The number of carbonyl (C=O) groups is 2. The van der Waals surface area contributed by atoms with E-state index in [0.29, 0.717) is 0 Å². The van der Waals surface area contributed by atoms with Crippen molar-refractivity contribution in [3.8, 4) is 5.75 Å². The summed E-state index contributed by atoms with van der Waals surface area (Å²) in [6.45, 7) is 0. The summed E-state index contributed by atoms with van der Waals surface area (Å²) in [5, 5.41) is 2.43. The molecule has 1 N–H and O–H groups in total. The third-order valence-corrected chi connectivity index (χ3v) is 3.61. The number of carbonyl (C=O) groups excluding carboxylic acids is 2. The highest BCUT2D eigenvalue weighted by Crippen LogP contribution is 2.26. The van der Waals surface area contributed by atoms with Gasteiger partial charge in [0.1, 0.15) is 10.6 Å². The lowest BCUT2D eigenvalue weighted by Crippen LogP contribution is -2.17. The highest BCUT2D eigenvalue weighted by atomic mass is 32.1. The molecule has 0 saturated carbocycles. The van der Waals surface area contributed by atoms with Crippen LogP contribution in [0, 0.1) is 0 Å². The zero-order valence-electron chi connectivity index (χ0n) is 11.6. The van der Waals surface area contributed by atoms with Gasteiger partial charge in [-0.2, -0.15) is 0 Å². The number of thiophene rings is 1. The lowest BCUT2D eigenvalue weighted by atomic mass is 10.3. The number of halogens is 3. The molecule has 0 radical (unpaired) electrons. The summed E-state index contributed by atoms with van der Waals surface area (Å²) in [5.74, 6) is -1.58. The minimum atomic E-state index is -4.81. The molecule has 0 unspecified atom stereocenters. The van der Waals surface area contributed by atoms with E-state index in [-0.39, 0.29) is 15.4 Å². The number of anilines is 1. The summed E-state index contributed by atoms with van der Waals surface area (Å²) in [6, 6.07) is 7.72. The van der Waals surface area contributed by atoms with Crippen molar-refractivity contribution in [2.75, 3.05) is 12.4 Å². The fourth-order valence-electron chi connectivity index (χ4n) is 1.63. The fourth-order valence-corrected chi connectivity index (χ4v) is 2.45. The van der Waals surface area contributed by atoms with Gasteiger partial charge in [0.25, 0.3) is 5.91 Å². The zero-order valence-corrected chi connectivity index (χ0v) is 12.5. The molecule has 1 aromatic carbocycles. The van der Waals surface area contributed by atoms with Crippen molar-refractivity contribution in [2.24, 2.45) is 0 Å². The van der Waals surface area contributed by atoms with Gasteiger partial charge < -0.3 is 14.8 Å². The van der Waals surface area contributed by atoms with Crippen LogP contribution < -0.4 is 10.1 Å². The molecule has 0 aliphatic carbocycles. The Balaban J connectivity index is 2.09. The van der Waals surface area contributed by atoms with E-state index >= 15 is 0 Å². The number of esters is 1. The Morgan fingerprint density at radius 2 is 1.83 bits per heavy atom. The average molecular weight is 345 g/mol. The maximum Gasteiger partial charge on any atom is 0.573 e. The fraction of sp³-hybridized carbons (Fsp3) is 0.143. The lowest BCUT2D eigenvalue weighted by Gasteiger charge is -2.10. The number of methoxy groups -OCH3 is 1. The number of nitrogens with one attached hydrogen (secondary N) is 1. The van der Waals surface area contributed by atoms with Crippen LogP contribution in [0.3, 0.4) is 0 Å². The van der Waals surface area contributed by atoms with E-state index in [1.807, 2.05) is 0 Å². The number of rotatable bonds is 4. The second-order valence-corrected chi connectivity index (χ2v) is 5.27. The van der Waals surface area contributed by atoms with Gasteiger partial charge in [0.2, 0.25) is 0 Å². The second-order valence-electron chi connectivity index (χ2n) is 4.19. The van der Waals surface area contributed by atoms with Crippen molar-refractivity contribution in [1.82, 2.24) is 0 Å². The Labute approximate surface area is 132 Å². The second kappa shape index (κ2) is 6.69. The summed E-state index contributed by atoms with van der Waals surface area (Å²) >= 11 is 0.909. The van der Waals surface area contributed by atoms with E-state index in [4.69, 9.17) is 0 Å². The van der Waals surface area contributed by atoms with Gasteiger partial charge in [0, 0.05) is 11.8 Å². The molecule has 1 heterocycles. The smallest absolute Gasteiger partial charge is 0.465 e. The molecule has 1 amide bonds. The highest BCUT2D eigenvalue weighted by molar-refractivity contribution is 7.16. The minimum Gasteiger partial charge on any atom is -0.465 e. The number of hydrogen-bond acceptors (Lipinski definition) is 5. The van der Waals surface area contributed by atoms with Crippen LogP contribution in [0.5, 0.6) is 5.75 Å². The van der Waals surface area contributed by atoms with E-state index in [1.165, 1.54) is 31.4 Å². The lowest BCUT2D eigenvalue weighted by molar-refractivity contribution is -0.274. The largest absolute Gasteiger partial charge is 0.573 e. The molecule has 122 valence electrons. The van der Waals surface area contributed by atoms with E-state index < -0.39 is 24.0 Å². The molecule has 0 saturated heterocycles. The first-order valence-corrected chi connectivity index (χ1v) is 6.95. The Morgan fingerprint density at radius 1 is 1.13 bits per heavy atom. The summed E-state index contributed by atoms with van der Waals surface area (Å²) in [5.41, 5.74) is 0.129. The van der Waals surface area contributed by atoms with E-state index in [0.717, 1.165) is 23.5 Å². The van der Waals surface area contributed by atoms with Gasteiger partial charge >= 0.3 is 12.3 Å². The van der Waals surface area contributed by atoms with Crippen LogP contribution >= 0.6 is 11.3 Å². The predicted molar refractivity (Wildman–Crippen MR) is 76.7 cm³/mol. The molecule has 0 spiro atoms. The van der Waals surface area contributed by atoms with Gasteiger partial charge in [0.05, 0.1) is 12.0 Å². The van der Waals surface area contributed by atoms with E-state index in [1.54, 1.807) is 0 Å². The standard InChI is InChI=1S/C14H10F3NO4S/c1-21-13(20)11-6-5-10(23-11)12(19)18-8-3-2-4-9(7-8)22-14(15,16)17/h2-7H,1H3,(H,18,19). The van der Waals surface area contributed by atoms with Gasteiger partial charge in [-0.3, -0.25) is 4.79 Å². The monoisotopic (exact) mass is 345 g/mol. The van der Waals surface area contributed by atoms with Gasteiger partial charge in [-0.1, -0.05) is 6.07 Å². The van der Waals surface area contributed by atoms with Gasteiger partial charge in [-0.25, -0.2) is 4.79 Å². The third-order valence-electron chi connectivity index (χ3n) is 2.54. The molecule has 0 atom stereocenters. The molecule has 0 aliphatic heterocycles. The molecule has 9 heteroatoms. The first kappa shape index (κ1) is 16.8. The average Bonchev–Trinajstić information content (AvgIpc) is 2.95. The van der Waals surface area contributed by atoms with Crippen LogP contribution in [0.2, 0.25) is 0 Å². The molecule has 0 aliphatic rings. The number of benzene rings is 1. The quantitative estimate of drug-likeness (QED) is 0.859. The molecule has 2 rings (SSSR count). The van der Waals surface area contributed by atoms with E-state index in [9.17, 15) is 22.8 Å². The summed E-state index contributed by atoms with van der Waals surface area (Å²) in [6.07, 6.45) is -4.81. The highest BCUT2D eigenvalue weighted by Gasteiger charge is 2.31. The number of amides is 1. The molecule has 0 fully saturated rings. The van der Waals surface area contributed by atoms with Crippen LogP contribution in [-0.4, -0.2) is 25.3 Å². The first-order valence-electron chi connectivity index (χ1n) is 6.14. The molecule has 1 aromatic heterocycles. The van der Waals surface area contributed by atoms with Crippen LogP contribution in [0.15, 0.2) is 36.4 Å².